The van der Waals surface area contributed by atoms with Gasteiger partial charge in [0.1, 0.15) is 34.3 Å². The SMILES string of the molecule is c1ccc(-n2c3ccccc3c3cc4c(cc32)B2c3cc(-c5nc6ccccc6o5)ccc3Oc3cccc(c32)O4)nc1. The number of hydrogen-bond acceptors (Lipinski definition) is 5. The number of hydrogen-bond donors (Lipinski definition) is 0. The van der Waals surface area contributed by atoms with E-state index in [1.807, 2.05) is 79.0 Å². The van der Waals surface area contributed by atoms with Gasteiger partial charge >= 0.3 is 0 Å². The van der Waals surface area contributed by atoms with E-state index in [4.69, 9.17) is 23.9 Å². The highest BCUT2D eigenvalue weighted by molar-refractivity contribution is 6.98. The molecule has 43 heavy (non-hydrogen) atoms. The maximum Gasteiger partial charge on any atom is 0.260 e. The second-order valence-corrected chi connectivity index (χ2v) is 11.0. The molecule has 0 fully saturated rings. The first kappa shape index (κ1) is 22.8. The summed E-state index contributed by atoms with van der Waals surface area (Å²) < 4.78 is 21.5. The summed E-state index contributed by atoms with van der Waals surface area (Å²) in [6.45, 7) is -0.109. The fraction of sp³-hybridized carbons (Fsp3) is 0. The summed E-state index contributed by atoms with van der Waals surface area (Å²) in [7, 11) is 0. The fourth-order valence-corrected chi connectivity index (χ4v) is 6.76. The Labute approximate surface area is 245 Å². The lowest BCUT2D eigenvalue weighted by Gasteiger charge is -2.33. The average molecular weight is 553 g/mol. The lowest BCUT2D eigenvalue weighted by molar-refractivity contribution is 0.465. The van der Waals surface area contributed by atoms with Gasteiger partial charge in [-0.25, -0.2) is 9.97 Å². The molecule has 8 aromatic rings. The number of pyridine rings is 1. The van der Waals surface area contributed by atoms with Crippen LogP contribution in [0.5, 0.6) is 23.0 Å². The zero-order valence-electron chi connectivity index (χ0n) is 22.7. The Morgan fingerprint density at radius 2 is 1.42 bits per heavy atom. The van der Waals surface area contributed by atoms with Crippen molar-refractivity contribution in [1.29, 1.82) is 0 Å². The standard InChI is InChI=1S/C36H20BN3O3/c1-3-10-27-22(8-1)23-19-33-25(20-28(23)40(27)34-14-5-6-17-38-34)37-24-18-21(36-39-26-9-2-4-11-30(26)43-36)15-16-29(24)41-31-12-7-13-32(42-33)35(31)37/h1-20H. The van der Waals surface area contributed by atoms with Crippen LogP contribution in [0.1, 0.15) is 0 Å². The molecule has 3 aromatic heterocycles. The molecule has 5 aromatic carbocycles. The van der Waals surface area contributed by atoms with Gasteiger partial charge in [-0.05, 0) is 77.7 Å². The Morgan fingerprint density at radius 3 is 2.30 bits per heavy atom. The zero-order chi connectivity index (χ0) is 28.1. The van der Waals surface area contributed by atoms with Gasteiger partial charge in [0.05, 0.1) is 11.0 Å². The van der Waals surface area contributed by atoms with Gasteiger partial charge in [-0.1, -0.05) is 48.5 Å². The Morgan fingerprint density at radius 1 is 0.605 bits per heavy atom. The Kier molecular flexibility index (Phi) is 4.44. The van der Waals surface area contributed by atoms with Gasteiger partial charge in [0, 0.05) is 28.0 Å². The number of oxazole rings is 1. The molecule has 10 rings (SSSR count). The van der Waals surface area contributed by atoms with Crippen LogP contribution in [0.3, 0.4) is 0 Å². The molecule has 0 atom stereocenters. The molecule has 6 nitrogen and oxygen atoms in total. The van der Waals surface area contributed by atoms with E-state index in [0.717, 1.165) is 83.7 Å². The molecule has 200 valence electrons. The van der Waals surface area contributed by atoms with E-state index >= 15 is 0 Å². The molecule has 0 saturated heterocycles. The van der Waals surface area contributed by atoms with E-state index in [2.05, 4.69) is 47.0 Å². The summed E-state index contributed by atoms with van der Waals surface area (Å²) in [5, 5.41) is 2.27. The van der Waals surface area contributed by atoms with Crippen LogP contribution in [-0.4, -0.2) is 21.2 Å². The van der Waals surface area contributed by atoms with Crippen LogP contribution in [0.4, 0.5) is 0 Å². The third kappa shape index (κ3) is 3.19. The molecule has 0 unspecified atom stereocenters. The van der Waals surface area contributed by atoms with Crippen molar-refractivity contribution < 1.29 is 13.9 Å². The van der Waals surface area contributed by atoms with Gasteiger partial charge in [0.15, 0.2) is 5.58 Å². The molecule has 5 heterocycles. The first-order chi connectivity index (χ1) is 21.3. The predicted octanol–water partition coefficient (Wildman–Crippen LogP) is 6.71. The predicted molar refractivity (Wildman–Crippen MR) is 169 cm³/mol. The highest BCUT2D eigenvalue weighted by Crippen LogP contribution is 2.39. The van der Waals surface area contributed by atoms with E-state index in [1.165, 1.54) is 0 Å². The largest absolute Gasteiger partial charge is 0.458 e. The zero-order valence-corrected chi connectivity index (χ0v) is 22.7. The van der Waals surface area contributed by atoms with Gasteiger partial charge in [0.25, 0.3) is 6.71 Å². The van der Waals surface area contributed by atoms with E-state index in [0.29, 0.717) is 5.89 Å². The molecule has 2 aliphatic rings. The molecule has 0 bridgehead atoms. The molecule has 0 radical (unpaired) electrons. The number of aromatic nitrogens is 3. The minimum absolute atomic E-state index is 0.109. The van der Waals surface area contributed by atoms with Gasteiger partial charge in [0.2, 0.25) is 5.89 Å². The highest BCUT2D eigenvalue weighted by atomic mass is 16.5. The number of ether oxygens (including phenoxy) is 2. The van der Waals surface area contributed by atoms with Gasteiger partial charge in [-0.15, -0.1) is 0 Å². The summed E-state index contributed by atoms with van der Waals surface area (Å²) >= 11 is 0. The van der Waals surface area contributed by atoms with Gasteiger partial charge in [-0.2, -0.15) is 0 Å². The fourth-order valence-electron chi connectivity index (χ4n) is 6.76. The number of nitrogens with zero attached hydrogens (tertiary/aromatic N) is 3. The lowest BCUT2D eigenvalue weighted by Crippen LogP contribution is -2.57. The molecule has 0 saturated carbocycles. The van der Waals surface area contributed by atoms with Crippen molar-refractivity contribution in [2.24, 2.45) is 0 Å². The summed E-state index contributed by atoms with van der Waals surface area (Å²) in [5.74, 6) is 4.72. The molecule has 0 spiro atoms. The number of benzene rings is 5. The van der Waals surface area contributed by atoms with Crippen molar-refractivity contribution in [3.05, 3.63) is 121 Å². The van der Waals surface area contributed by atoms with E-state index in [9.17, 15) is 0 Å². The van der Waals surface area contributed by atoms with Crippen molar-refractivity contribution in [3.63, 3.8) is 0 Å². The highest BCUT2D eigenvalue weighted by Gasteiger charge is 2.41. The van der Waals surface area contributed by atoms with Crippen LogP contribution in [0, 0.1) is 0 Å². The van der Waals surface area contributed by atoms with Gasteiger partial charge < -0.3 is 13.9 Å². The smallest absolute Gasteiger partial charge is 0.260 e. The van der Waals surface area contributed by atoms with Crippen LogP contribution in [0.2, 0.25) is 0 Å². The van der Waals surface area contributed by atoms with Crippen molar-refractivity contribution in [3.8, 4) is 40.3 Å². The molecule has 0 N–H and O–H groups in total. The Hall–Kier alpha value is -5.82. The number of rotatable bonds is 2. The van der Waals surface area contributed by atoms with Crippen molar-refractivity contribution >= 4 is 56.0 Å². The van der Waals surface area contributed by atoms with E-state index < -0.39 is 0 Å². The number of fused-ring (bicyclic) bond motifs is 8. The Balaban J connectivity index is 1.25. The third-order valence-electron chi connectivity index (χ3n) is 8.61. The quantitative estimate of drug-likeness (QED) is 0.223. The Bertz CT molecular complexity index is 2400. The van der Waals surface area contributed by atoms with Crippen LogP contribution in [0.15, 0.2) is 126 Å². The average Bonchev–Trinajstić information content (AvgIpc) is 3.63. The monoisotopic (exact) mass is 553 g/mol. The molecular formula is C36H20BN3O3. The number of para-hydroxylation sites is 3. The molecule has 0 aliphatic carbocycles. The second-order valence-electron chi connectivity index (χ2n) is 11.0. The summed E-state index contributed by atoms with van der Waals surface area (Å²) in [4.78, 5) is 9.50. The minimum Gasteiger partial charge on any atom is -0.458 e. The van der Waals surface area contributed by atoms with Crippen LogP contribution < -0.4 is 25.9 Å². The lowest BCUT2D eigenvalue weighted by atomic mass is 9.34. The molecule has 0 amide bonds. The first-order valence-corrected chi connectivity index (χ1v) is 14.3. The topological polar surface area (TPSA) is 62.3 Å². The summed E-state index contributed by atoms with van der Waals surface area (Å²) in [6.07, 6.45) is 1.84. The normalized spacial score (nSPS) is 13.0. The van der Waals surface area contributed by atoms with E-state index in [1.54, 1.807) is 0 Å². The van der Waals surface area contributed by atoms with Crippen molar-refractivity contribution in [2.45, 2.75) is 0 Å². The van der Waals surface area contributed by atoms with Crippen LogP contribution >= 0.6 is 0 Å². The molecule has 7 heteroatoms. The third-order valence-corrected chi connectivity index (χ3v) is 8.61. The maximum atomic E-state index is 6.63. The van der Waals surface area contributed by atoms with Crippen molar-refractivity contribution in [1.82, 2.24) is 14.5 Å². The van der Waals surface area contributed by atoms with Crippen LogP contribution in [0.25, 0.3) is 50.2 Å². The maximum absolute atomic E-state index is 6.63. The molecule has 2 aliphatic heterocycles. The van der Waals surface area contributed by atoms with E-state index in [-0.39, 0.29) is 6.71 Å². The van der Waals surface area contributed by atoms with Crippen LogP contribution in [-0.2, 0) is 0 Å². The van der Waals surface area contributed by atoms with Gasteiger partial charge in [-0.3, -0.25) is 4.57 Å². The van der Waals surface area contributed by atoms with Crippen molar-refractivity contribution in [2.75, 3.05) is 0 Å². The molecular weight excluding hydrogens is 533 g/mol. The first-order valence-electron chi connectivity index (χ1n) is 14.3. The summed E-state index contributed by atoms with van der Waals surface area (Å²) in [5.41, 5.74) is 7.82. The minimum atomic E-state index is -0.109. The second kappa shape index (κ2) is 8.36. The summed E-state index contributed by atoms with van der Waals surface area (Å²) in [6, 6.07) is 39.0.